The molecule has 0 spiro atoms. The zero-order valence-electron chi connectivity index (χ0n) is 26.6. The lowest BCUT2D eigenvalue weighted by molar-refractivity contribution is -0.146. The summed E-state index contributed by atoms with van der Waals surface area (Å²) in [5.74, 6) is -5.22. The highest BCUT2D eigenvalue weighted by Crippen LogP contribution is 2.45. The molecule has 3 aromatic carbocycles. The molecule has 2 amide bonds. The number of anilines is 1. The largest absolute Gasteiger partial charge is 0.534 e. The average Bonchev–Trinajstić information content (AvgIpc) is 3.58. The number of carbonyl (C=O) groups excluding carboxylic acids is 2. The molecule has 3 N–H and O–H groups in total. The van der Waals surface area contributed by atoms with Crippen LogP contribution in [0.2, 0.25) is 0 Å². The molecule has 1 aromatic heterocycles. The highest BCUT2D eigenvalue weighted by molar-refractivity contribution is 8.00. The molecule has 270 valence electrons. The second-order valence-corrected chi connectivity index (χ2v) is 14.7. The van der Waals surface area contributed by atoms with Gasteiger partial charge in [0.15, 0.2) is 22.3 Å². The predicted octanol–water partition coefficient (Wildman–Crippen LogP) is 4.81. The van der Waals surface area contributed by atoms with Crippen LogP contribution in [0, 0.1) is 0 Å². The summed E-state index contributed by atoms with van der Waals surface area (Å²) >= 11 is 1.70. The number of thioether (sulfide) groups is 1. The standard InChI is InChI=1S/C33H26F3N5O8S3/c1-48-40-25(28(43)38-29-27(49-52(46,47)33(34,35)36)26(30(44)45)41-23(42)17-24(41)51-29)22-18-50-31(37-22)39-32(19-11-5-2-6-12-19,20-13-7-3-8-14-20)21-15-9-4-10-16-21/h2-16,18,24,29H,17H2,1H3,(H,37,39)(H,38,43)(H,44,45)/t24-,29?/m0/s1. The number of rotatable bonds is 12. The lowest BCUT2D eigenvalue weighted by atomic mass is 9.77. The molecule has 13 nitrogen and oxygen atoms in total. The number of aliphatic carboxylic acids is 1. The van der Waals surface area contributed by atoms with E-state index in [1.165, 1.54) is 5.38 Å². The Morgan fingerprint density at radius 2 is 1.50 bits per heavy atom. The molecule has 0 bridgehead atoms. The summed E-state index contributed by atoms with van der Waals surface area (Å²) < 4.78 is 68.4. The van der Waals surface area contributed by atoms with Crippen LogP contribution in [-0.4, -0.2) is 70.3 Å². The lowest BCUT2D eigenvalue weighted by Gasteiger charge is -2.45. The Labute approximate surface area is 302 Å². The summed E-state index contributed by atoms with van der Waals surface area (Å²) in [6.45, 7) is 0. The lowest BCUT2D eigenvalue weighted by Crippen LogP contribution is -2.58. The van der Waals surface area contributed by atoms with Crippen molar-refractivity contribution in [3.05, 3.63) is 130 Å². The van der Waals surface area contributed by atoms with Gasteiger partial charge in [0.05, 0.1) is 11.8 Å². The molecule has 6 rings (SSSR count). The normalized spacial score (nSPS) is 17.9. The Morgan fingerprint density at radius 1 is 0.962 bits per heavy atom. The highest BCUT2D eigenvalue weighted by Gasteiger charge is 2.55. The van der Waals surface area contributed by atoms with Crippen LogP contribution in [0.15, 0.2) is 113 Å². The molecule has 0 aliphatic carbocycles. The van der Waals surface area contributed by atoms with Gasteiger partial charge >= 0.3 is 21.6 Å². The number of alkyl halides is 3. The second-order valence-electron chi connectivity index (χ2n) is 11.0. The predicted molar refractivity (Wildman–Crippen MR) is 184 cm³/mol. The summed E-state index contributed by atoms with van der Waals surface area (Å²) in [5.41, 5.74) is -6.10. The van der Waals surface area contributed by atoms with Gasteiger partial charge in [-0.05, 0) is 16.7 Å². The van der Waals surface area contributed by atoms with Crippen LogP contribution in [-0.2, 0) is 39.1 Å². The van der Waals surface area contributed by atoms with E-state index in [2.05, 4.69) is 25.0 Å². The first-order chi connectivity index (χ1) is 24.8. The number of aromatic nitrogens is 1. The third kappa shape index (κ3) is 6.81. The topological polar surface area (TPSA) is 177 Å². The third-order valence-electron chi connectivity index (χ3n) is 7.92. The quantitative estimate of drug-likeness (QED) is 0.0450. The summed E-state index contributed by atoms with van der Waals surface area (Å²) in [5, 5.41) is 18.4. The summed E-state index contributed by atoms with van der Waals surface area (Å²) in [6.07, 6.45) is -0.237. The first-order valence-corrected chi connectivity index (χ1v) is 18.3. The number of hydrogen-bond acceptors (Lipinski definition) is 12. The van der Waals surface area contributed by atoms with Crippen LogP contribution in [0.1, 0.15) is 28.8 Å². The second kappa shape index (κ2) is 14.3. The van der Waals surface area contributed by atoms with E-state index in [9.17, 15) is 41.1 Å². The Morgan fingerprint density at radius 3 is 1.96 bits per heavy atom. The average molecular weight is 774 g/mol. The number of carbonyl (C=O) groups is 3. The first kappa shape index (κ1) is 36.4. The number of β-lactam (4-membered cyclic amide) rings is 1. The minimum Gasteiger partial charge on any atom is -0.476 e. The van der Waals surface area contributed by atoms with Crippen LogP contribution in [0.3, 0.4) is 0 Å². The molecule has 3 heterocycles. The van der Waals surface area contributed by atoms with Gasteiger partial charge in [-0.2, -0.15) is 21.6 Å². The van der Waals surface area contributed by atoms with Gasteiger partial charge < -0.3 is 24.8 Å². The zero-order chi connectivity index (χ0) is 37.3. The molecule has 2 atom stereocenters. The first-order valence-electron chi connectivity index (χ1n) is 15.0. The van der Waals surface area contributed by atoms with Crippen molar-refractivity contribution in [1.29, 1.82) is 0 Å². The summed E-state index contributed by atoms with van der Waals surface area (Å²) in [4.78, 5) is 48.2. The van der Waals surface area contributed by atoms with Crippen LogP contribution in [0.25, 0.3) is 0 Å². The summed E-state index contributed by atoms with van der Waals surface area (Å²) in [7, 11) is -5.30. The number of fused-ring (bicyclic) bond motifs is 1. The molecule has 1 unspecified atom stereocenters. The maximum absolute atomic E-state index is 13.7. The molecule has 1 saturated heterocycles. The van der Waals surface area contributed by atoms with E-state index < -0.39 is 66.9 Å². The van der Waals surface area contributed by atoms with Gasteiger partial charge in [0.2, 0.25) is 5.91 Å². The molecule has 19 heteroatoms. The molecular weight excluding hydrogens is 748 g/mol. The number of nitrogens with zero attached hydrogens (tertiary/aromatic N) is 3. The van der Waals surface area contributed by atoms with Crippen molar-refractivity contribution in [2.75, 3.05) is 12.4 Å². The molecule has 2 aliphatic rings. The number of nitrogens with one attached hydrogen (secondary N) is 2. The van der Waals surface area contributed by atoms with E-state index in [0.717, 1.165) is 35.1 Å². The van der Waals surface area contributed by atoms with Crippen molar-refractivity contribution in [3.8, 4) is 0 Å². The van der Waals surface area contributed by atoms with Crippen LogP contribution < -0.4 is 10.6 Å². The molecule has 52 heavy (non-hydrogen) atoms. The van der Waals surface area contributed by atoms with Crippen molar-refractivity contribution >= 4 is 61.8 Å². The molecule has 1 fully saturated rings. The third-order valence-corrected chi connectivity index (χ3v) is 10.9. The Bertz CT molecular complexity index is 2070. The van der Waals surface area contributed by atoms with E-state index in [4.69, 9.17) is 4.84 Å². The number of halogens is 3. The fraction of sp³-hybridized carbons (Fsp3) is 0.182. The van der Waals surface area contributed by atoms with Gasteiger partial charge in [-0.3, -0.25) is 14.5 Å². The Balaban J connectivity index is 1.37. The van der Waals surface area contributed by atoms with E-state index >= 15 is 0 Å². The molecule has 4 aromatic rings. The van der Waals surface area contributed by atoms with E-state index in [0.29, 0.717) is 21.8 Å². The maximum atomic E-state index is 13.7. The number of thiazole rings is 1. The Hall–Kier alpha value is -5.40. The molecule has 0 saturated carbocycles. The van der Waals surface area contributed by atoms with Crippen molar-refractivity contribution < 1.29 is 50.1 Å². The summed E-state index contributed by atoms with van der Waals surface area (Å²) in [6, 6.07) is 28.7. The zero-order valence-corrected chi connectivity index (χ0v) is 29.1. The van der Waals surface area contributed by atoms with Crippen molar-refractivity contribution in [3.63, 3.8) is 0 Å². The van der Waals surface area contributed by atoms with E-state index in [1.54, 1.807) is 0 Å². The van der Waals surface area contributed by atoms with Gasteiger partial charge in [-0.25, -0.2) is 9.78 Å². The highest BCUT2D eigenvalue weighted by atomic mass is 32.2. The minimum atomic E-state index is -6.43. The van der Waals surface area contributed by atoms with Crippen molar-refractivity contribution in [2.45, 2.75) is 28.2 Å². The number of benzene rings is 3. The fourth-order valence-electron chi connectivity index (χ4n) is 5.65. The SMILES string of the molecule is CON=C(C(=O)NC1S[C@H]2CC(=O)N2C(C(=O)O)=C1OS(=O)(=O)C(F)(F)F)c1csc(NC(c2ccccc2)(c2ccccc2)c2ccccc2)n1. The number of carboxylic acid groups (broad SMARTS) is 1. The number of carboxylic acids is 1. The molecule has 0 radical (unpaired) electrons. The molecular formula is C33H26F3N5O8S3. The van der Waals surface area contributed by atoms with E-state index in [-0.39, 0.29) is 12.1 Å². The number of oxime groups is 1. The van der Waals surface area contributed by atoms with Crippen molar-refractivity contribution in [1.82, 2.24) is 15.2 Å². The smallest absolute Gasteiger partial charge is 0.476 e. The monoisotopic (exact) mass is 773 g/mol. The number of amides is 2. The van der Waals surface area contributed by atoms with Gasteiger partial charge in [-0.1, -0.05) is 96.2 Å². The van der Waals surface area contributed by atoms with Crippen LogP contribution in [0.4, 0.5) is 18.3 Å². The van der Waals surface area contributed by atoms with E-state index in [1.807, 2.05) is 91.0 Å². The van der Waals surface area contributed by atoms with Crippen LogP contribution >= 0.6 is 23.1 Å². The van der Waals surface area contributed by atoms with Gasteiger partial charge in [0, 0.05) is 5.38 Å². The number of hydrogen-bond donors (Lipinski definition) is 3. The fourth-order valence-corrected chi connectivity index (χ4v) is 8.32. The van der Waals surface area contributed by atoms with Gasteiger partial charge in [0.1, 0.15) is 23.7 Å². The van der Waals surface area contributed by atoms with Crippen LogP contribution in [0.5, 0.6) is 0 Å². The minimum absolute atomic E-state index is 0.0518. The maximum Gasteiger partial charge on any atom is 0.534 e. The Kier molecular flexibility index (Phi) is 10.0. The van der Waals surface area contributed by atoms with Gasteiger partial charge in [-0.15, -0.1) is 23.1 Å². The molecule has 2 aliphatic heterocycles. The van der Waals surface area contributed by atoms with Gasteiger partial charge in [0.25, 0.3) is 5.91 Å². The van der Waals surface area contributed by atoms with Crippen molar-refractivity contribution in [2.24, 2.45) is 5.16 Å².